The van der Waals surface area contributed by atoms with Gasteiger partial charge in [0, 0.05) is 13.2 Å². The number of carbonyl (C=O) groups excluding carboxylic acids is 1. The van der Waals surface area contributed by atoms with E-state index in [4.69, 9.17) is 5.11 Å². The Bertz CT molecular complexity index is 179. The average Bonchev–Trinajstić information content (AvgIpc) is 2.67. The first kappa shape index (κ1) is 11.5. The van der Waals surface area contributed by atoms with Gasteiger partial charge in [0.2, 0.25) is 5.91 Å². The quantitative estimate of drug-likeness (QED) is 0.579. The molecule has 4 heteroatoms. The Kier molecular flexibility index (Phi) is 4.90. The maximum atomic E-state index is 11.5. The van der Waals surface area contributed by atoms with Gasteiger partial charge in [0.25, 0.3) is 0 Å². The van der Waals surface area contributed by atoms with Gasteiger partial charge in [0.15, 0.2) is 0 Å². The molecule has 2 atom stereocenters. The molecule has 1 aliphatic rings. The van der Waals surface area contributed by atoms with Crippen LogP contribution in [0.15, 0.2) is 0 Å². The van der Waals surface area contributed by atoms with Crippen molar-refractivity contribution in [2.24, 2.45) is 5.92 Å². The first-order valence-electron chi connectivity index (χ1n) is 5.36. The predicted molar refractivity (Wildman–Crippen MR) is 54.9 cm³/mol. The zero-order valence-corrected chi connectivity index (χ0v) is 8.75. The molecule has 0 aromatic heterocycles. The SMILES string of the molecule is CC(CCO)CNC(=O)[C@@H]1CCCN1. The summed E-state index contributed by atoms with van der Waals surface area (Å²) in [6, 6.07) is 0.0105. The molecular formula is C10H20N2O2. The first-order valence-corrected chi connectivity index (χ1v) is 5.36. The van der Waals surface area contributed by atoms with Crippen molar-refractivity contribution >= 4 is 5.91 Å². The van der Waals surface area contributed by atoms with Crippen LogP contribution in [-0.4, -0.2) is 36.8 Å². The van der Waals surface area contributed by atoms with Gasteiger partial charge in [-0.15, -0.1) is 0 Å². The Balaban J connectivity index is 2.13. The molecule has 14 heavy (non-hydrogen) atoms. The van der Waals surface area contributed by atoms with Gasteiger partial charge in [0.1, 0.15) is 0 Å². The third-order valence-electron chi connectivity index (χ3n) is 2.62. The topological polar surface area (TPSA) is 61.4 Å². The fraction of sp³-hybridized carbons (Fsp3) is 0.900. The fourth-order valence-electron chi connectivity index (χ4n) is 1.63. The van der Waals surface area contributed by atoms with E-state index in [1.807, 2.05) is 6.92 Å². The van der Waals surface area contributed by atoms with Gasteiger partial charge < -0.3 is 15.7 Å². The lowest BCUT2D eigenvalue weighted by molar-refractivity contribution is -0.122. The van der Waals surface area contributed by atoms with Crippen molar-refractivity contribution in [2.45, 2.75) is 32.2 Å². The van der Waals surface area contributed by atoms with Crippen LogP contribution in [0.5, 0.6) is 0 Å². The van der Waals surface area contributed by atoms with Crippen molar-refractivity contribution < 1.29 is 9.90 Å². The van der Waals surface area contributed by atoms with Crippen LogP contribution < -0.4 is 10.6 Å². The summed E-state index contributed by atoms with van der Waals surface area (Å²) in [4.78, 5) is 11.5. The first-order chi connectivity index (χ1) is 6.74. The average molecular weight is 200 g/mol. The zero-order chi connectivity index (χ0) is 10.4. The maximum absolute atomic E-state index is 11.5. The van der Waals surface area contributed by atoms with E-state index in [0.29, 0.717) is 12.5 Å². The third-order valence-corrected chi connectivity index (χ3v) is 2.62. The van der Waals surface area contributed by atoms with Crippen LogP contribution in [0.1, 0.15) is 26.2 Å². The van der Waals surface area contributed by atoms with Gasteiger partial charge in [-0.3, -0.25) is 4.79 Å². The lowest BCUT2D eigenvalue weighted by Crippen LogP contribution is -2.42. The number of amides is 1. The zero-order valence-electron chi connectivity index (χ0n) is 8.75. The summed E-state index contributed by atoms with van der Waals surface area (Å²) in [5.41, 5.74) is 0. The van der Waals surface area contributed by atoms with Crippen molar-refractivity contribution in [3.63, 3.8) is 0 Å². The van der Waals surface area contributed by atoms with Crippen LogP contribution in [0.2, 0.25) is 0 Å². The van der Waals surface area contributed by atoms with Crippen LogP contribution in [0.3, 0.4) is 0 Å². The molecule has 1 amide bonds. The van der Waals surface area contributed by atoms with Gasteiger partial charge in [-0.1, -0.05) is 6.92 Å². The molecule has 0 radical (unpaired) electrons. The van der Waals surface area contributed by atoms with E-state index >= 15 is 0 Å². The van der Waals surface area contributed by atoms with Crippen molar-refractivity contribution in [1.82, 2.24) is 10.6 Å². The smallest absolute Gasteiger partial charge is 0.237 e. The Morgan fingerprint density at radius 1 is 1.71 bits per heavy atom. The molecule has 1 unspecified atom stereocenters. The number of hydrogen-bond acceptors (Lipinski definition) is 3. The van der Waals surface area contributed by atoms with Crippen LogP contribution in [0.4, 0.5) is 0 Å². The Morgan fingerprint density at radius 2 is 2.50 bits per heavy atom. The molecule has 0 aliphatic carbocycles. The minimum Gasteiger partial charge on any atom is -0.396 e. The van der Waals surface area contributed by atoms with Gasteiger partial charge >= 0.3 is 0 Å². The monoisotopic (exact) mass is 200 g/mol. The molecule has 3 N–H and O–H groups in total. The second kappa shape index (κ2) is 5.98. The molecule has 1 rings (SSSR count). The van der Waals surface area contributed by atoms with E-state index in [2.05, 4.69) is 10.6 Å². The molecule has 1 aliphatic heterocycles. The van der Waals surface area contributed by atoms with Crippen LogP contribution >= 0.6 is 0 Å². The van der Waals surface area contributed by atoms with E-state index in [9.17, 15) is 4.79 Å². The summed E-state index contributed by atoms with van der Waals surface area (Å²) in [6.07, 6.45) is 2.78. The van der Waals surface area contributed by atoms with Gasteiger partial charge in [-0.2, -0.15) is 0 Å². The lowest BCUT2D eigenvalue weighted by atomic mass is 10.1. The Labute approximate surface area is 85.1 Å². The molecule has 0 aromatic rings. The number of rotatable bonds is 5. The summed E-state index contributed by atoms with van der Waals surface area (Å²) in [5.74, 6) is 0.456. The Morgan fingerprint density at radius 3 is 3.07 bits per heavy atom. The molecule has 0 aromatic carbocycles. The molecule has 82 valence electrons. The molecule has 1 saturated heterocycles. The number of aliphatic hydroxyl groups excluding tert-OH is 1. The lowest BCUT2D eigenvalue weighted by Gasteiger charge is -2.14. The Hall–Kier alpha value is -0.610. The number of nitrogens with one attached hydrogen (secondary N) is 2. The molecule has 1 fully saturated rings. The summed E-state index contributed by atoms with van der Waals surface area (Å²) >= 11 is 0. The van der Waals surface area contributed by atoms with Gasteiger partial charge in [0.05, 0.1) is 6.04 Å². The summed E-state index contributed by atoms with van der Waals surface area (Å²) < 4.78 is 0. The van der Waals surface area contributed by atoms with E-state index in [-0.39, 0.29) is 18.6 Å². The van der Waals surface area contributed by atoms with E-state index in [1.165, 1.54) is 0 Å². The number of carbonyl (C=O) groups is 1. The van der Waals surface area contributed by atoms with Crippen molar-refractivity contribution in [1.29, 1.82) is 0 Å². The van der Waals surface area contributed by atoms with E-state index in [0.717, 1.165) is 25.8 Å². The molecule has 1 heterocycles. The van der Waals surface area contributed by atoms with Crippen LogP contribution in [0.25, 0.3) is 0 Å². The number of aliphatic hydroxyl groups is 1. The molecule has 4 nitrogen and oxygen atoms in total. The second-order valence-corrected chi connectivity index (χ2v) is 4.01. The van der Waals surface area contributed by atoms with Crippen LogP contribution in [0, 0.1) is 5.92 Å². The largest absolute Gasteiger partial charge is 0.396 e. The van der Waals surface area contributed by atoms with Gasteiger partial charge in [-0.05, 0) is 31.7 Å². The molecule has 0 bridgehead atoms. The molecular weight excluding hydrogens is 180 g/mol. The van der Waals surface area contributed by atoms with E-state index in [1.54, 1.807) is 0 Å². The third kappa shape index (κ3) is 3.64. The van der Waals surface area contributed by atoms with E-state index < -0.39 is 0 Å². The predicted octanol–water partition coefficient (Wildman–Crippen LogP) is -0.127. The summed E-state index contributed by atoms with van der Waals surface area (Å²) in [6.45, 7) is 3.83. The standard InChI is InChI=1S/C10H20N2O2/c1-8(4-6-13)7-12-10(14)9-3-2-5-11-9/h8-9,11,13H,2-7H2,1H3,(H,12,14)/t8?,9-/m0/s1. The molecule has 0 spiro atoms. The van der Waals surface area contributed by atoms with Gasteiger partial charge in [-0.25, -0.2) is 0 Å². The number of hydrogen-bond donors (Lipinski definition) is 3. The highest BCUT2D eigenvalue weighted by atomic mass is 16.3. The summed E-state index contributed by atoms with van der Waals surface area (Å²) in [7, 11) is 0. The highest BCUT2D eigenvalue weighted by Gasteiger charge is 2.21. The van der Waals surface area contributed by atoms with Crippen LogP contribution in [-0.2, 0) is 4.79 Å². The minimum absolute atomic E-state index is 0.0105. The molecule has 0 saturated carbocycles. The maximum Gasteiger partial charge on any atom is 0.237 e. The normalized spacial score (nSPS) is 23.4. The van der Waals surface area contributed by atoms with Crippen molar-refractivity contribution in [3.05, 3.63) is 0 Å². The fourth-order valence-corrected chi connectivity index (χ4v) is 1.63. The second-order valence-electron chi connectivity index (χ2n) is 4.01. The van der Waals surface area contributed by atoms with Crippen molar-refractivity contribution in [2.75, 3.05) is 19.7 Å². The minimum atomic E-state index is 0.0105. The highest BCUT2D eigenvalue weighted by molar-refractivity contribution is 5.81. The van der Waals surface area contributed by atoms with Crippen molar-refractivity contribution in [3.8, 4) is 0 Å². The summed E-state index contributed by atoms with van der Waals surface area (Å²) in [5, 5.41) is 14.7. The highest BCUT2D eigenvalue weighted by Crippen LogP contribution is 2.05.